The van der Waals surface area contributed by atoms with Crippen LogP contribution in [0.1, 0.15) is 15.9 Å². The molecular weight excluding hydrogens is 197 g/mol. The highest BCUT2D eigenvalue weighted by Gasteiger charge is 2.12. The van der Waals surface area contributed by atoms with Crippen LogP contribution < -0.4 is 4.74 Å². The molecule has 1 rings (SSSR count). The van der Waals surface area contributed by atoms with E-state index in [1.165, 1.54) is 6.92 Å². The van der Waals surface area contributed by atoms with Gasteiger partial charge in [0.25, 0.3) is 0 Å². The molecular formula is C9H7F3O2. The number of aryl methyl sites for hydroxylation is 1. The zero-order valence-electron chi connectivity index (χ0n) is 7.26. The SMILES string of the molecule is Cc1cc(F)cc(OC(F)F)c1C=O. The minimum atomic E-state index is -3.07. The molecule has 0 aliphatic rings. The Labute approximate surface area is 78.3 Å². The molecule has 0 saturated heterocycles. The summed E-state index contributed by atoms with van der Waals surface area (Å²) in [6.07, 6.45) is 0.354. The summed E-state index contributed by atoms with van der Waals surface area (Å²) in [6, 6.07) is 1.82. The second-order valence-corrected chi connectivity index (χ2v) is 2.63. The molecule has 0 spiro atoms. The molecule has 0 atom stereocenters. The molecule has 0 aliphatic carbocycles. The summed E-state index contributed by atoms with van der Waals surface area (Å²) < 4.78 is 40.4. The molecule has 2 nitrogen and oxygen atoms in total. The van der Waals surface area contributed by atoms with E-state index in [1.807, 2.05) is 0 Å². The summed E-state index contributed by atoms with van der Waals surface area (Å²) in [5.74, 6) is -1.16. The number of carbonyl (C=O) groups is 1. The predicted molar refractivity (Wildman–Crippen MR) is 43.2 cm³/mol. The lowest BCUT2D eigenvalue weighted by Gasteiger charge is -2.08. The van der Waals surface area contributed by atoms with Gasteiger partial charge in [0.1, 0.15) is 11.6 Å². The Morgan fingerprint density at radius 1 is 1.43 bits per heavy atom. The van der Waals surface area contributed by atoms with Crippen molar-refractivity contribution in [3.05, 3.63) is 29.1 Å². The van der Waals surface area contributed by atoms with Gasteiger partial charge in [0.2, 0.25) is 0 Å². The quantitative estimate of drug-likeness (QED) is 0.707. The number of carbonyl (C=O) groups excluding carboxylic acids is 1. The molecule has 76 valence electrons. The molecule has 1 aromatic rings. The van der Waals surface area contributed by atoms with Crippen molar-refractivity contribution >= 4 is 6.29 Å². The number of aldehydes is 1. The highest BCUT2D eigenvalue weighted by molar-refractivity contribution is 5.81. The van der Waals surface area contributed by atoms with Crippen LogP contribution in [0.15, 0.2) is 12.1 Å². The first-order chi connectivity index (χ1) is 6.54. The maximum atomic E-state index is 12.8. The molecule has 0 unspecified atom stereocenters. The van der Waals surface area contributed by atoms with E-state index in [0.29, 0.717) is 6.29 Å². The van der Waals surface area contributed by atoms with Crippen molar-refractivity contribution < 1.29 is 22.7 Å². The Morgan fingerprint density at radius 3 is 2.57 bits per heavy atom. The first kappa shape index (κ1) is 10.6. The minimum Gasteiger partial charge on any atom is -0.434 e. The van der Waals surface area contributed by atoms with Crippen LogP contribution in [0.25, 0.3) is 0 Å². The Bertz CT molecular complexity index is 350. The third kappa shape index (κ3) is 2.25. The van der Waals surface area contributed by atoms with Crippen molar-refractivity contribution in [1.82, 2.24) is 0 Å². The standard InChI is InChI=1S/C9H7F3O2/c1-5-2-6(10)3-8(7(5)4-13)14-9(11)12/h2-4,9H,1H3. The average molecular weight is 204 g/mol. The van der Waals surface area contributed by atoms with Crippen LogP contribution in [-0.2, 0) is 0 Å². The van der Waals surface area contributed by atoms with Crippen LogP contribution in [0.3, 0.4) is 0 Å². The first-order valence-electron chi connectivity index (χ1n) is 3.74. The van der Waals surface area contributed by atoms with E-state index >= 15 is 0 Å². The Kier molecular flexibility index (Phi) is 3.11. The van der Waals surface area contributed by atoms with Crippen molar-refractivity contribution in [3.63, 3.8) is 0 Å². The van der Waals surface area contributed by atoms with Crippen molar-refractivity contribution in [2.24, 2.45) is 0 Å². The van der Waals surface area contributed by atoms with Gasteiger partial charge in [-0.15, -0.1) is 0 Å². The van der Waals surface area contributed by atoms with Gasteiger partial charge in [-0.1, -0.05) is 0 Å². The topological polar surface area (TPSA) is 26.3 Å². The lowest BCUT2D eigenvalue weighted by Crippen LogP contribution is -2.05. The Hall–Kier alpha value is -1.52. The lowest BCUT2D eigenvalue weighted by molar-refractivity contribution is -0.0502. The summed E-state index contributed by atoms with van der Waals surface area (Å²) in [6.45, 7) is -1.64. The zero-order valence-corrected chi connectivity index (χ0v) is 7.26. The third-order valence-corrected chi connectivity index (χ3v) is 1.65. The molecule has 0 amide bonds. The van der Waals surface area contributed by atoms with E-state index in [2.05, 4.69) is 4.74 Å². The van der Waals surface area contributed by atoms with Gasteiger partial charge in [-0.2, -0.15) is 8.78 Å². The maximum absolute atomic E-state index is 12.8. The minimum absolute atomic E-state index is 0.0632. The number of ether oxygens (including phenoxy) is 1. The number of alkyl halides is 2. The van der Waals surface area contributed by atoms with Gasteiger partial charge in [-0.3, -0.25) is 4.79 Å². The summed E-state index contributed by atoms with van der Waals surface area (Å²) >= 11 is 0. The average Bonchev–Trinajstić information content (AvgIpc) is 2.01. The second-order valence-electron chi connectivity index (χ2n) is 2.63. The summed E-state index contributed by atoms with van der Waals surface area (Å²) in [5, 5.41) is 0. The van der Waals surface area contributed by atoms with Gasteiger partial charge in [0.15, 0.2) is 6.29 Å². The van der Waals surface area contributed by atoms with E-state index in [0.717, 1.165) is 12.1 Å². The first-order valence-corrected chi connectivity index (χ1v) is 3.74. The van der Waals surface area contributed by atoms with Crippen molar-refractivity contribution in [2.45, 2.75) is 13.5 Å². The second kappa shape index (κ2) is 4.13. The molecule has 0 aliphatic heterocycles. The molecule has 0 bridgehead atoms. The third-order valence-electron chi connectivity index (χ3n) is 1.65. The fourth-order valence-corrected chi connectivity index (χ4v) is 1.07. The summed E-state index contributed by atoms with van der Waals surface area (Å²) in [4.78, 5) is 10.5. The van der Waals surface area contributed by atoms with E-state index < -0.39 is 18.2 Å². The van der Waals surface area contributed by atoms with E-state index in [9.17, 15) is 18.0 Å². The lowest BCUT2D eigenvalue weighted by atomic mass is 10.1. The van der Waals surface area contributed by atoms with Gasteiger partial charge in [0, 0.05) is 6.07 Å². The predicted octanol–water partition coefficient (Wildman–Crippen LogP) is 2.55. The molecule has 0 saturated carbocycles. The van der Waals surface area contributed by atoms with Gasteiger partial charge in [-0.25, -0.2) is 4.39 Å². The van der Waals surface area contributed by atoms with Crippen LogP contribution in [-0.4, -0.2) is 12.9 Å². The van der Waals surface area contributed by atoms with Crippen LogP contribution >= 0.6 is 0 Å². The van der Waals surface area contributed by atoms with Crippen LogP contribution in [0, 0.1) is 12.7 Å². The number of rotatable bonds is 3. The summed E-state index contributed by atoms with van der Waals surface area (Å²) in [5.41, 5.74) is 0.197. The fourth-order valence-electron chi connectivity index (χ4n) is 1.07. The van der Waals surface area contributed by atoms with Crippen molar-refractivity contribution in [2.75, 3.05) is 0 Å². The van der Waals surface area contributed by atoms with E-state index in [1.54, 1.807) is 0 Å². The Morgan fingerprint density at radius 2 is 2.07 bits per heavy atom. The largest absolute Gasteiger partial charge is 0.434 e. The van der Waals surface area contributed by atoms with Gasteiger partial charge >= 0.3 is 6.61 Å². The normalized spacial score (nSPS) is 10.4. The molecule has 0 fully saturated rings. The van der Waals surface area contributed by atoms with Crippen molar-refractivity contribution in [3.8, 4) is 5.75 Å². The number of benzene rings is 1. The molecule has 14 heavy (non-hydrogen) atoms. The monoisotopic (exact) mass is 204 g/mol. The van der Waals surface area contributed by atoms with Crippen LogP contribution in [0.5, 0.6) is 5.75 Å². The fraction of sp³-hybridized carbons (Fsp3) is 0.222. The smallest absolute Gasteiger partial charge is 0.387 e. The molecule has 0 heterocycles. The van der Waals surface area contributed by atoms with Gasteiger partial charge < -0.3 is 4.74 Å². The van der Waals surface area contributed by atoms with E-state index in [4.69, 9.17) is 0 Å². The molecule has 5 heteroatoms. The molecule has 1 aromatic carbocycles. The van der Waals surface area contributed by atoms with Crippen LogP contribution in [0.2, 0.25) is 0 Å². The van der Waals surface area contributed by atoms with Crippen molar-refractivity contribution in [1.29, 1.82) is 0 Å². The molecule has 0 radical (unpaired) electrons. The molecule has 0 aromatic heterocycles. The zero-order chi connectivity index (χ0) is 10.7. The highest BCUT2D eigenvalue weighted by Crippen LogP contribution is 2.23. The van der Waals surface area contributed by atoms with Gasteiger partial charge in [0.05, 0.1) is 5.56 Å². The van der Waals surface area contributed by atoms with Gasteiger partial charge in [-0.05, 0) is 18.6 Å². The Balaban J connectivity index is 3.17. The number of hydrogen-bond acceptors (Lipinski definition) is 2. The number of hydrogen-bond donors (Lipinski definition) is 0. The molecule has 0 N–H and O–H groups in total. The van der Waals surface area contributed by atoms with Crippen LogP contribution in [0.4, 0.5) is 13.2 Å². The maximum Gasteiger partial charge on any atom is 0.387 e. The highest BCUT2D eigenvalue weighted by atomic mass is 19.3. The summed E-state index contributed by atoms with van der Waals surface area (Å²) in [7, 11) is 0. The number of halogens is 3. The van der Waals surface area contributed by atoms with E-state index in [-0.39, 0.29) is 11.1 Å².